The lowest BCUT2D eigenvalue weighted by Gasteiger charge is -2.09. The van der Waals surface area contributed by atoms with Crippen LogP contribution in [0.3, 0.4) is 0 Å². The Morgan fingerprint density at radius 3 is 2.17 bits per heavy atom. The molecular formula is C22H21N3O3S. The van der Waals surface area contributed by atoms with E-state index in [1.807, 2.05) is 13.2 Å². The number of carbonyl (C=O) groups excluding carboxylic acids is 2. The van der Waals surface area contributed by atoms with Crippen molar-refractivity contribution in [3.63, 3.8) is 0 Å². The molecule has 0 aliphatic rings. The highest BCUT2D eigenvalue weighted by atomic mass is 32.2. The fraction of sp³-hybridized carbons (Fsp3) is 0.136. The molecule has 2 N–H and O–H groups in total. The fourth-order valence-electron chi connectivity index (χ4n) is 2.63. The van der Waals surface area contributed by atoms with Crippen molar-refractivity contribution >= 4 is 35.0 Å². The molecule has 3 rings (SSSR count). The highest BCUT2D eigenvalue weighted by Crippen LogP contribution is 2.20. The number of carbonyl (C=O) groups is 2. The van der Waals surface area contributed by atoms with Crippen molar-refractivity contribution in [3.8, 4) is 5.75 Å². The van der Waals surface area contributed by atoms with Crippen LogP contribution in [0.25, 0.3) is 0 Å². The average Bonchev–Trinajstić information content (AvgIpc) is 2.75. The third kappa shape index (κ3) is 5.36. The number of anilines is 2. The van der Waals surface area contributed by atoms with Gasteiger partial charge in [0.05, 0.1) is 12.2 Å². The summed E-state index contributed by atoms with van der Waals surface area (Å²) in [7, 11) is 0. The number of rotatable bonds is 7. The van der Waals surface area contributed by atoms with Gasteiger partial charge in [0.15, 0.2) is 0 Å². The van der Waals surface area contributed by atoms with Gasteiger partial charge in [0, 0.05) is 23.1 Å². The van der Waals surface area contributed by atoms with Gasteiger partial charge >= 0.3 is 0 Å². The number of benzene rings is 2. The quantitative estimate of drug-likeness (QED) is 0.555. The predicted octanol–water partition coefficient (Wildman–Crippen LogP) is 4.71. The first-order valence-corrected chi connectivity index (χ1v) is 10.3. The van der Waals surface area contributed by atoms with E-state index in [0.29, 0.717) is 34.1 Å². The van der Waals surface area contributed by atoms with Gasteiger partial charge in [0.2, 0.25) is 0 Å². The fourth-order valence-corrected chi connectivity index (χ4v) is 3.18. The average molecular weight is 407 g/mol. The second-order valence-corrected chi connectivity index (χ2v) is 6.80. The summed E-state index contributed by atoms with van der Waals surface area (Å²) in [6.45, 7) is 2.51. The van der Waals surface area contributed by atoms with E-state index >= 15 is 0 Å². The first-order valence-electron chi connectivity index (χ1n) is 9.05. The second-order valence-electron chi connectivity index (χ2n) is 6.00. The molecule has 148 valence electrons. The van der Waals surface area contributed by atoms with Gasteiger partial charge in [0.1, 0.15) is 10.8 Å². The Bertz CT molecular complexity index is 989. The third-order valence-corrected chi connectivity index (χ3v) is 4.75. The van der Waals surface area contributed by atoms with E-state index in [-0.39, 0.29) is 11.8 Å². The lowest BCUT2D eigenvalue weighted by molar-refractivity contribution is 0.101. The van der Waals surface area contributed by atoms with Crippen LogP contribution in [0.2, 0.25) is 0 Å². The molecular weight excluding hydrogens is 386 g/mol. The SMILES string of the molecule is CCOc1ccc(NC(=O)c2ccc(NC(=O)c3cccnc3SC)cc2)cc1. The maximum atomic E-state index is 12.5. The number of amides is 2. The van der Waals surface area contributed by atoms with Gasteiger partial charge in [-0.15, -0.1) is 11.8 Å². The van der Waals surface area contributed by atoms with Gasteiger partial charge in [-0.3, -0.25) is 9.59 Å². The molecule has 0 spiro atoms. The van der Waals surface area contributed by atoms with Crippen LogP contribution in [0.5, 0.6) is 5.75 Å². The van der Waals surface area contributed by atoms with E-state index in [9.17, 15) is 9.59 Å². The van der Waals surface area contributed by atoms with Crippen LogP contribution in [-0.4, -0.2) is 29.7 Å². The molecule has 0 atom stereocenters. The van der Waals surface area contributed by atoms with Gasteiger partial charge in [-0.1, -0.05) is 0 Å². The summed E-state index contributed by atoms with van der Waals surface area (Å²) in [6, 6.07) is 17.4. The number of pyridine rings is 1. The van der Waals surface area contributed by atoms with E-state index in [4.69, 9.17) is 4.74 Å². The van der Waals surface area contributed by atoms with Crippen molar-refractivity contribution in [3.05, 3.63) is 78.0 Å². The van der Waals surface area contributed by atoms with Crippen LogP contribution in [0, 0.1) is 0 Å². The molecule has 0 fully saturated rings. The maximum absolute atomic E-state index is 12.5. The first kappa shape index (κ1) is 20.4. The number of nitrogens with zero attached hydrogens (tertiary/aromatic N) is 1. The Morgan fingerprint density at radius 1 is 0.931 bits per heavy atom. The summed E-state index contributed by atoms with van der Waals surface area (Å²) in [6.07, 6.45) is 3.53. The summed E-state index contributed by atoms with van der Waals surface area (Å²) < 4.78 is 5.39. The molecule has 0 aliphatic carbocycles. The molecule has 0 radical (unpaired) electrons. The number of nitrogens with one attached hydrogen (secondary N) is 2. The van der Waals surface area contributed by atoms with E-state index in [0.717, 1.165) is 5.75 Å². The summed E-state index contributed by atoms with van der Waals surface area (Å²) in [5, 5.41) is 6.33. The molecule has 0 saturated heterocycles. The minimum atomic E-state index is -0.242. The largest absolute Gasteiger partial charge is 0.494 e. The third-order valence-electron chi connectivity index (χ3n) is 4.04. The van der Waals surface area contributed by atoms with Gasteiger partial charge in [0.25, 0.3) is 11.8 Å². The summed E-state index contributed by atoms with van der Waals surface area (Å²) >= 11 is 1.41. The molecule has 7 heteroatoms. The lowest BCUT2D eigenvalue weighted by Crippen LogP contribution is -2.14. The molecule has 1 aromatic heterocycles. The molecule has 6 nitrogen and oxygen atoms in total. The Hall–Kier alpha value is -3.32. The van der Waals surface area contributed by atoms with Crippen molar-refractivity contribution in [2.75, 3.05) is 23.5 Å². The maximum Gasteiger partial charge on any atom is 0.258 e. The van der Waals surface area contributed by atoms with Crippen molar-refractivity contribution in [2.45, 2.75) is 11.9 Å². The van der Waals surface area contributed by atoms with Crippen LogP contribution in [0.4, 0.5) is 11.4 Å². The van der Waals surface area contributed by atoms with Gasteiger partial charge in [-0.05, 0) is 73.8 Å². The Morgan fingerprint density at radius 2 is 1.55 bits per heavy atom. The number of thioether (sulfide) groups is 1. The van der Waals surface area contributed by atoms with Crippen molar-refractivity contribution < 1.29 is 14.3 Å². The first-order chi connectivity index (χ1) is 14.1. The number of hydrogen-bond acceptors (Lipinski definition) is 5. The van der Waals surface area contributed by atoms with Crippen LogP contribution >= 0.6 is 11.8 Å². The standard InChI is InChI=1S/C22H21N3O3S/c1-3-28-18-12-10-17(11-13-18)24-20(26)15-6-8-16(9-7-15)25-21(27)19-5-4-14-23-22(19)29-2/h4-14H,3H2,1-2H3,(H,24,26)(H,25,27). The summed E-state index contributed by atoms with van der Waals surface area (Å²) in [5.74, 6) is 0.279. The van der Waals surface area contributed by atoms with Gasteiger partial charge < -0.3 is 15.4 Å². The van der Waals surface area contributed by atoms with E-state index in [2.05, 4.69) is 15.6 Å². The smallest absolute Gasteiger partial charge is 0.258 e. The molecule has 29 heavy (non-hydrogen) atoms. The monoisotopic (exact) mass is 407 g/mol. The molecule has 3 aromatic rings. The highest BCUT2D eigenvalue weighted by molar-refractivity contribution is 7.98. The summed E-state index contributed by atoms with van der Waals surface area (Å²) in [4.78, 5) is 29.1. The predicted molar refractivity (Wildman–Crippen MR) is 116 cm³/mol. The molecule has 1 heterocycles. The molecule has 0 aliphatic heterocycles. The van der Waals surface area contributed by atoms with Gasteiger partial charge in [-0.2, -0.15) is 0 Å². The number of hydrogen-bond donors (Lipinski definition) is 2. The van der Waals surface area contributed by atoms with Gasteiger partial charge in [-0.25, -0.2) is 4.98 Å². The molecule has 0 unspecified atom stereocenters. The summed E-state index contributed by atoms with van der Waals surface area (Å²) in [5.41, 5.74) is 2.28. The zero-order valence-corrected chi connectivity index (χ0v) is 17.0. The molecule has 2 amide bonds. The van der Waals surface area contributed by atoms with Crippen molar-refractivity contribution in [2.24, 2.45) is 0 Å². The van der Waals surface area contributed by atoms with E-state index < -0.39 is 0 Å². The number of aromatic nitrogens is 1. The van der Waals surface area contributed by atoms with Crippen LogP contribution in [-0.2, 0) is 0 Å². The van der Waals surface area contributed by atoms with Crippen molar-refractivity contribution in [1.82, 2.24) is 4.98 Å². The topological polar surface area (TPSA) is 80.3 Å². The minimum Gasteiger partial charge on any atom is -0.494 e. The molecule has 2 aromatic carbocycles. The Balaban J connectivity index is 1.63. The van der Waals surface area contributed by atoms with E-state index in [1.54, 1.807) is 66.9 Å². The van der Waals surface area contributed by atoms with Crippen LogP contribution in [0.15, 0.2) is 71.9 Å². The molecule has 0 bridgehead atoms. The zero-order chi connectivity index (χ0) is 20.6. The second kappa shape index (κ2) is 9.75. The zero-order valence-electron chi connectivity index (χ0n) is 16.1. The Labute approximate surface area is 173 Å². The Kier molecular flexibility index (Phi) is 6.86. The van der Waals surface area contributed by atoms with Crippen molar-refractivity contribution in [1.29, 1.82) is 0 Å². The normalized spacial score (nSPS) is 10.3. The minimum absolute atomic E-state index is 0.232. The van der Waals surface area contributed by atoms with Crippen LogP contribution < -0.4 is 15.4 Å². The van der Waals surface area contributed by atoms with Crippen LogP contribution in [0.1, 0.15) is 27.6 Å². The lowest BCUT2D eigenvalue weighted by atomic mass is 10.1. The molecule has 0 saturated carbocycles. The highest BCUT2D eigenvalue weighted by Gasteiger charge is 2.12. The number of ether oxygens (including phenoxy) is 1. The van der Waals surface area contributed by atoms with E-state index in [1.165, 1.54) is 11.8 Å².